The van der Waals surface area contributed by atoms with Gasteiger partial charge in [0.25, 0.3) is 0 Å². The standard InChI is InChI=1S/C18H12N2O/c19-11-17(14-7-4-10-20-12-14)18(21)16-9-3-6-13-5-1-2-8-15(13)16/h1-10,12,17H. The molecule has 3 heteroatoms. The Kier molecular flexibility index (Phi) is 3.44. The highest BCUT2D eigenvalue weighted by molar-refractivity contribution is 6.11. The summed E-state index contributed by atoms with van der Waals surface area (Å²) in [5.41, 5.74) is 1.20. The molecule has 1 heterocycles. The second-order valence-corrected chi connectivity index (χ2v) is 4.74. The molecule has 3 nitrogen and oxygen atoms in total. The van der Waals surface area contributed by atoms with Crippen LogP contribution < -0.4 is 0 Å². The summed E-state index contributed by atoms with van der Waals surface area (Å²) < 4.78 is 0. The van der Waals surface area contributed by atoms with E-state index in [1.165, 1.54) is 0 Å². The summed E-state index contributed by atoms with van der Waals surface area (Å²) >= 11 is 0. The smallest absolute Gasteiger partial charge is 0.185 e. The molecule has 0 aliphatic heterocycles. The van der Waals surface area contributed by atoms with Crippen molar-refractivity contribution in [3.8, 4) is 6.07 Å². The number of nitriles is 1. The molecule has 0 bridgehead atoms. The number of nitrogens with zero attached hydrogens (tertiary/aromatic N) is 2. The molecule has 0 spiro atoms. The zero-order chi connectivity index (χ0) is 14.7. The molecule has 1 aromatic heterocycles. The maximum atomic E-state index is 12.7. The third kappa shape index (κ3) is 2.39. The zero-order valence-corrected chi connectivity index (χ0v) is 11.2. The average Bonchev–Trinajstić information content (AvgIpc) is 2.56. The second kappa shape index (κ2) is 5.56. The Labute approximate surface area is 122 Å². The van der Waals surface area contributed by atoms with Crippen molar-refractivity contribution in [3.63, 3.8) is 0 Å². The molecule has 1 atom stereocenters. The largest absolute Gasteiger partial charge is 0.292 e. The van der Waals surface area contributed by atoms with Crippen molar-refractivity contribution >= 4 is 16.6 Å². The molecular weight excluding hydrogens is 260 g/mol. The van der Waals surface area contributed by atoms with Gasteiger partial charge in [-0.2, -0.15) is 5.26 Å². The van der Waals surface area contributed by atoms with E-state index in [2.05, 4.69) is 11.1 Å². The number of benzene rings is 2. The maximum Gasteiger partial charge on any atom is 0.185 e. The van der Waals surface area contributed by atoms with Crippen molar-refractivity contribution in [3.05, 3.63) is 78.1 Å². The number of aromatic nitrogens is 1. The highest BCUT2D eigenvalue weighted by Crippen LogP contribution is 2.25. The normalized spacial score (nSPS) is 11.8. The van der Waals surface area contributed by atoms with Gasteiger partial charge >= 0.3 is 0 Å². The summed E-state index contributed by atoms with van der Waals surface area (Å²) in [6, 6.07) is 18.8. The van der Waals surface area contributed by atoms with Crippen LogP contribution in [-0.4, -0.2) is 10.8 Å². The first-order valence-electron chi connectivity index (χ1n) is 6.63. The van der Waals surface area contributed by atoms with E-state index in [1.54, 1.807) is 30.6 Å². The van der Waals surface area contributed by atoms with Gasteiger partial charge in [-0.3, -0.25) is 9.78 Å². The SMILES string of the molecule is N#CC(C(=O)c1cccc2ccccc12)c1cccnc1. The minimum absolute atomic E-state index is 0.192. The fourth-order valence-electron chi connectivity index (χ4n) is 2.43. The highest BCUT2D eigenvalue weighted by atomic mass is 16.1. The molecule has 0 radical (unpaired) electrons. The van der Waals surface area contributed by atoms with Crippen LogP contribution in [-0.2, 0) is 0 Å². The fraction of sp³-hybridized carbons (Fsp3) is 0.0556. The molecule has 1 unspecified atom stereocenters. The van der Waals surface area contributed by atoms with Gasteiger partial charge in [-0.1, -0.05) is 48.5 Å². The first kappa shape index (κ1) is 13.0. The van der Waals surface area contributed by atoms with Gasteiger partial charge in [-0.15, -0.1) is 0 Å². The third-order valence-electron chi connectivity index (χ3n) is 3.46. The van der Waals surface area contributed by atoms with Crippen LogP contribution in [0.1, 0.15) is 21.8 Å². The highest BCUT2D eigenvalue weighted by Gasteiger charge is 2.23. The van der Waals surface area contributed by atoms with Crippen LogP contribution in [0.3, 0.4) is 0 Å². The van der Waals surface area contributed by atoms with Gasteiger partial charge < -0.3 is 0 Å². The number of Topliss-reactive ketones (excluding diaryl/α,β-unsaturated/α-hetero) is 1. The number of hydrogen-bond acceptors (Lipinski definition) is 3. The molecular formula is C18H12N2O. The predicted molar refractivity (Wildman–Crippen MR) is 80.9 cm³/mol. The molecule has 0 aliphatic carbocycles. The van der Waals surface area contributed by atoms with E-state index >= 15 is 0 Å². The molecule has 21 heavy (non-hydrogen) atoms. The topological polar surface area (TPSA) is 53.8 Å². The first-order chi connectivity index (χ1) is 10.3. The van der Waals surface area contributed by atoms with Crippen molar-refractivity contribution in [2.75, 3.05) is 0 Å². The van der Waals surface area contributed by atoms with E-state index in [4.69, 9.17) is 0 Å². The summed E-state index contributed by atoms with van der Waals surface area (Å²) in [4.78, 5) is 16.7. The lowest BCUT2D eigenvalue weighted by Gasteiger charge is -2.10. The molecule has 100 valence electrons. The van der Waals surface area contributed by atoms with Crippen molar-refractivity contribution < 1.29 is 4.79 Å². The van der Waals surface area contributed by atoms with Crippen LogP contribution >= 0.6 is 0 Å². The summed E-state index contributed by atoms with van der Waals surface area (Å²) in [5, 5.41) is 11.2. The lowest BCUT2D eigenvalue weighted by molar-refractivity contribution is 0.0980. The first-order valence-corrected chi connectivity index (χ1v) is 6.63. The fourth-order valence-corrected chi connectivity index (χ4v) is 2.43. The number of carbonyl (C=O) groups excluding carboxylic acids is 1. The van der Waals surface area contributed by atoms with Crippen LogP contribution in [0.25, 0.3) is 10.8 Å². The lowest BCUT2D eigenvalue weighted by Crippen LogP contribution is -2.12. The van der Waals surface area contributed by atoms with Crippen LogP contribution in [0.15, 0.2) is 67.0 Å². The number of rotatable bonds is 3. The van der Waals surface area contributed by atoms with Gasteiger partial charge in [0.1, 0.15) is 5.92 Å². The molecule has 0 fully saturated rings. The second-order valence-electron chi connectivity index (χ2n) is 4.74. The van der Waals surface area contributed by atoms with E-state index in [0.717, 1.165) is 10.8 Å². The van der Waals surface area contributed by atoms with E-state index < -0.39 is 5.92 Å². The number of fused-ring (bicyclic) bond motifs is 1. The van der Waals surface area contributed by atoms with Crippen LogP contribution in [0.2, 0.25) is 0 Å². The average molecular weight is 272 g/mol. The predicted octanol–water partition coefficient (Wildman–Crippen LogP) is 3.72. The van der Waals surface area contributed by atoms with E-state index in [1.807, 2.05) is 36.4 Å². The monoisotopic (exact) mass is 272 g/mol. The summed E-state index contributed by atoms with van der Waals surface area (Å²) in [7, 11) is 0. The number of hydrogen-bond donors (Lipinski definition) is 0. The van der Waals surface area contributed by atoms with Crippen LogP contribution in [0.4, 0.5) is 0 Å². The molecule has 0 aliphatic rings. The van der Waals surface area contributed by atoms with E-state index in [9.17, 15) is 10.1 Å². The Morgan fingerprint density at radius 1 is 1.05 bits per heavy atom. The van der Waals surface area contributed by atoms with E-state index in [-0.39, 0.29) is 5.78 Å². The maximum absolute atomic E-state index is 12.7. The van der Waals surface area contributed by atoms with Gasteiger partial charge in [0.15, 0.2) is 5.78 Å². The zero-order valence-electron chi connectivity index (χ0n) is 11.2. The van der Waals surface area contributed by atoms with Crippen molar-refractivity contribution in [2.45, 2.75) is 5.92 Å². The molecule has 0 N–H and O–H groups in total. The Balaban J connectivity index is 2.10. The minimum atomic E-state index is -0.829. The van der Waals surface area contributed by atoms with Crippen molar-refractivity contribution in [2.24, 2.45) is 0 Å². The third-order valence-corrected chi connectivity index (χ3v) is 3.46. The summed E-state index contributed by atoms with van der Waals surface area (Å²) in [6.45, 7) is 0. The van der Waals surface area contributed by atoms with Gasteiger partial charge in [-0.25, -0.2) is 0 Å². The van der Waals surface area contributed by atoms with Gasteiger partial charge in [0, 0.05) is 18.0 Å². The molecule has 3 rings (SSSR count). The van der Waals surface area contributed by atoms with E-state index in [0.29, 0.717) is 11.1 Å². The summed E-state index contributed by atoms with van der Waals surface area (Å²) in [5.74, 6) is -1.02. The molecule has 0 saturated carbocycles. The number of pyridine rings is 1. The molecule has 3 aromatic rings. The van der Waals surface area contributed by atoms with Crippen LogP contribution in [0.5, 0.6) is 0 Å². The molecule has 0 amide bonds. The summed E-state index contributed by atoms with van der Waals surface area (Å²) in [6.07, 6.45) is 3.19. The van der Waals surface area contributed by atoms with Gasteiger partial charge in [-0.05, 0) is 22.4 Å². The number of ketones is 1. The molecule has 2 aromatic carbocycles. The molecule has 0 saturated heterocycles. The quantitative estimate of drug-likeness (QED) is 0.683. The van der Waals surface area contributed by atoms with Gasteiger partial charge in [0.2, 0.25) is 0 Å². The minimum Gasteiger partial charge on any atom is -0.292 e. The van der Waals surface area contributed by atoms with Crippen molar-refractivity contribution in [1.82, 2.24) is 4.98 Å². The Bertz CT molecular complexity index is 829. The Hall–Kier alpha value is -2.99. The Morgan fingerprint density at radius 2 is 1.86 bits per heavy atom. The van der Waals surface area contributed by atoms with Crippen molar-refractivity contribution in [1.29, 1.82) is 5.26 Å². The lowest BCUT2D eigenvalue weighted by atomic mass is 9.90. The number of carbonyl (C=O) groups is 1. The van der Waals surface area contributed by atoms with Gasteiger partial charge in [0.05, 0.1) is 6.07 Å². The van der Waals surface area contributed by atoms with Crippen LogP contribution in [0, 0.1) is 11.3 Å². The Morgan fingerprint density at radius 3 is 2.62 bits per heavy atom.